The Morgan fingerprint density at radius 1 is 1.23 bits per heavy atom. The Labute approximate surface area is 130 Å². The molecule has 4 heteroatoms. The van der Waals surface area contributed by atoms with Crippen molar-refractivity contribution < 1.29 is 9.53 Å². The third kappa shape index (κ3) is 3.86. The normalized spacial score (nSPS) is 11.3. The highest BCUT2D eigenvalue weighted by atomic mass is 16.5. The molecule has 0 heterocycles. The van der Waals surface area contributed by atoms with E-state index in [1.165, 1.54) is 0 Å². The second kappa shape index (κ2) is 7.28. The predicted octanol–water partition coefficient (Wildman–Crippen LogP) is 3.12. The van der Waals surface area contributed by atoms with Crippen molar-refractivity contribution >= 4 is 5.91 Å². The molecule has 1 N–H and O–H groups in total. The molecule has 0 aliphatic rings. The molecule has 0 bridgehead atoms. The molecule has 0 aliphatic heterocycles. The zero-order chi connectivity index (χ0) is 15.9. The van der Waals surface area contributed by atoms with Gasteiger partial charge in [0.2, 0.25) is 0 Å². The summed E-state index contributed by atoms with van der Waals surface area (Å²) in [6.45, 7) is 3.83. The molecule has 2 rings (SSSR count). The molecular weight excluding hydrogens is 276 g/mol. The predicted molar refractivity (Wildman–Crippen MR) is 84.4 cm³/mol. The first-order valence-corrected chi connectivity index (χ1v) is 7.08. The summed E-state index contributed by atoms with van der Waals surface area (Å²) in [7, 11) is 0. The maximum absolute atomic E-state index is 12.0. The number of benzene rings is 2. The number of nitrogens with one attached hydrogen (secondary N) is 1. The Morgan fingerprint density at radius 2 is 1.91 bits per heavy atom. The van der Waals surface area contributed by atoms with Crippen LogP contribution < -0.4 is 10.1 Å². The van der Waals surface area contributed by atoms with Crippen LogP contribution in [0.15, 0.2) is 48.5 Å². The quantitative estimate of drug-likeness (QED) is 0.921. The number of ether oxygens (including phenoxy) is 1. The fourth-order valence-electron chi connectivity index (χ4n) is 2.26. The number of para-hydroxylation sites is 1. The summed E-state index contributed by atoms with van der Waals surface area (Å²) < 4.78 is 5.42. The van der Waals surface area contributed by atoms with E-state index in [4.69, 9.17) is 10.00 Å². The maximum Gasteiger partial charge on any atom is 0.258 e. The summed E-state index contributed by atoms with van der Waals surface area (Å²) in [6.07, 6.45) is 0. The van der Waals surface area contributed by atoms with Crippen LogP contribution in [0, 0.1) is 18.3 Å². The van der Waals surface area contributed by atoms with Crippen molar-refractivity contribution in [3.63, 3.8) is 0 Å². The van der Waals surface area contributed by atoms with Crippen LogP contribution in [0.2, 0.25) is 0 Å². The lowest BCUT2D eigenvalue weighted by Crippen LogP contribution is -2.31. The van der Waals surface area contributed by atoms with Crippen molar-refractivity contribution in [2.75, 3.05) is 6.61 Å². The van der Waals surface area contributed by atoms with Gasteiger partial charge >= 0.3 is 0 Å². The van der Waals surface area contributed by atoms with Gasteiger partial charge in [-0.1, -0.05) is 36.4 Å². The molecular formula is C18H18N2O2. The highest BCUT2D eigenvalue weighted by molar-refractivity contribution is 5.78. The van der Waals surface area contributed by atoms with E-state index in [1.54, 1.807) is 24.3 Å². The molecule has 112 valence electrons. The lowest BCUT2D eigenvalue weighted by molar-refractivity contribution is -0.123. The van der Waals surface area contributed by atoms with Gasteiger partial charge in [0.1, 0.15) is 11.8 Å². The number of rotatable bonds is 5. The van der Waals surface area contributed by atoms with E-state index in [2.05, 4.69) is 5.32 Å². The number of nitriles is 1. The van der Waals surface area contributed by atoms with Crippen LogP contribution in [-0.2, 0) is 4.79 Å². The van der Waals surface area contributed by atoms with E-state index in [9.17, 15) is 4.79 Å². The second-order valence-electron chi connectivity index (χ2n) is 5.04. The summed E-state index contributed by atoms with van der Waals surface area (Å²) in [4.78, 5) is 12.0. The van der Waals surface area contributed by atoms with Gasteiger partial charge in [-0.05, 0) is 37.1 Å². The number of aryl methyl sites for hydroxylation is 1. The Hall–Kier alpha value is -2.80. The summed E-state index contributed by atoms with van der Waals surface area (Å²) >= 11 is 0. The summed E-state index contributed by atoms with van der Waals surface area (Å²) in [5.74, 6) is 0.201. The molecule has 0 fully saturated rings. The maximum atomic E-state index is 12.0. The topological polar surface area (TPSA) is 62.1 Å². The van der Waals surface area contributed by atoms with Crippen molar-refractivity contribution in [1.82, 2.24) is 5.32 Å². The van der Waals surface area contributed by atoms with Crippen LogP contribution in [0.1, 0.15) is 29.7 Å². The minimum absolute atomic E-state index is 0.0940. The fraction of sp³-hybridized carbons (Fsp3) is 0.222. The van der Waals surface area contributed by atoms with Gasteiger partial charge in [-0.15, -0.1) is 0 Å². The minimum Gasteiger partial charge on any atom is -0.482 e. The molecule has 1 atom stereocenters. The van der Waals surface area contributed by atoms with Gasteiger partial charge < -0.3 is 10.1 Å². The first kappa shape index (κ1) is 15.6. The van der Waals surface area contributed by atoms with E-state index in [0.29, 0.717) is 11.3 Å². The van der Waals surface area contributed by atoms with Gasteiger partial charge in [0.25, 0.3) is 5.91 Å². The zero-order valence-electron chi connectivity index (χ0n) is 12.7. The number of hydrogen-bond donors (Lipinski definition) is 1. The molecule has 22 heavy (non-hydrogen) atoms. The Bertz CT molecular complexity index is 704. The van der Waals surface area contributed by atoms with Gasteiger partial charge in [-0.3, -0.25) is 4.79 Å². The molecule has 1 unspecified atom stereocenters. The Morgan fingerprint density at radius 3 is 2.64 bits per heavy atom. The summed E-state index contributed by atoms with van der Waals surface area (Å²) in [5, 5.41) is 11.9. The van der Waals surface area contributed by atoms with E-state index < -0.39 is 0 Å². The van der Waals surface area contributed by atoms with Crippen molar-refractivity contribution in [2.24, 2.45) is 0 Å². The molecule has 0 saturated heterocycles. The minimum atomic E-state index is -0.219. The average molecular weight is 294 g/mol. The third-order valence-corrected chi connectivity index (χ3v) is 3.40. The van der Waals surface area contributed by atoms with Gasteiger partial charge in [-0.25, -0.2) is 0 Å². The molecule has 0 aromatic heterocycles. The zero-order valence-corrected chi connectivity index (χ0v) is 12.7. The number of amides is 1. The number of hydrogen-bond acceptors (Lipinski definition) is 3. The third-order valence-electron chi connectivity index (χ3n) is 3.40. The molecule has 0 spiro atoms. The lowest BCUT2D eigenvalue weighted by atomic mass is 10.0. The highest BCUT2D eigenvalue weighted by Crippen LogP contribution is 2.18. The van der Waals surface area contributed by atoms with Crippen LogP contribution in [0.5, 0.6) is 5.75 Å². The van der Waals surface area contributed by atoms with Crippen LogP contribution >= 0.6 is 0 Å². The molecule has 0 saturated carbocycles. The van der Waals surface area contributed by atoms with Crippen LogP contribution in [-0.4, -0.2) is 12.5 Å². The van der Waals surface area contributed by atoms with Crippen molar-refractivity contribution in [2.45, 2.75) is 19.9 Å². The molecule has 2 aromatic rings. The van der Waals surface area contributed by atoms with Crippen LogP contribution in [0.3, 0.4) is 0 Å². The van der Waals surface area contributed by atoms with Crippen molar-refractivity contribution in [3.8, 4) is 11.8 Å². The number of carbonyl (C=O) groups excluding carboxylic acids is 1. The smallest absolute Gasteiger partial charge is 0.258 e. The molecule has 0 radical (unpaired) electrons. The van der Waals surface area contributed by atoms with Gasteiger partial charge in [0.15, 0.2) is 6.61 Å². The van der Waals surface area contributed by atoms with Gasteiger partial charge in [-0.2, -0.15) is 5.26 Å². The monoisotopic (exact) mass is 294 g/mol. The standard InChI is InChI=1S/C18H18N2O2/c1-13-7-3-5-9-16(13)14(2)20-18(21)12-22-17-10-6-4-8-15(17)11-19/h3-10,14H,12H2,1-2H3,(H,20,21). The Balaban J connectivity index is 1.94. The number of nitrogens with zero attached hydrogens (tertiary/aromatic N) is 1. The summed E-state index contributed by atoms with van der Waals surface area (Å²) in [6, 6.07) is 16.7. The molecule has 1 amide bonds. The lowest BCUT2D eigenvalue weighted by Gasteiger charge is -2.17. The molecule has 0 aliphatic carbocycles. The second-order valence-corrected chi connectivity index (χ2v) is 5.04. The SMILES string of the molecule is Cc1ccccc1C(C)NC(=O)COc1ccccc1C#N. The van der Waals surface area contributed by atoms with E-state index in [0.717, 1.165) is 11.1 Å². The summed E-state index contributed by atoms with van der Waals surface area (Å²) in [5.41, 5.74) is 2.63. The van der Waals surface area contributed by atoms with Gasteiger partial charge in [0.05, 0.1) is 11.6 Å². The van der Waals surface area contributed by atoms with Crippen molar-refractivity contribution in [1.29, 1.82) is 5.26 Å². The van der Waals surface area contributed by atoms with E-state index in [1.807, 2.05) is 44.2 Å². The van der Waals surface area contributed by atoms with Crippen LogP contribution in [0.25, 0.3) is 0 Å². The Kier molecular flexibility index (Phi) is 5.16. The molecule has 2 aromatic carbocycles. The van der Waals surface area contributed by atoms with E-state index >= 15 is 0 Å². The highest BCUT2D eigenvalue weighted by Gasteiger charge is 2.12. The fourth-order valence-corrected chi connectivity index (χ4v) is 2.26. The first-order valence-electron chi connectivity index (χ1n) is 7.08. The molecule has 4 nitrogen and oxygen atoms in total. The van der Waals surface area contributed by atoms with Crippen LogP contribution in [0.4, 0.5) is 0 Å². The van der Waals surface area contributed by atoms with Crippen molar-refractivity contribution in [3.05, 3.63) is 65.2 Å². The first-order chi connectivity index (χ1) is 10.6. The largest absolute Gasteiger partial charge is 0.482 e. The number of carbonyl (C=O) groups is 1. The van der Waals surface area contributed by atoms with E-state index in [-0.39, 0.29) is 18.6 Å². The van der Waals surface area contributed by atoms with Gasteiger partial charge in [0, 0.05) is 0 Å². The average Bonchev–Trinajstić information content (AvgIpc) is 2.53.